The molecule has 0 aliphatic carbocycles. The van der Waals surface area contributed by atoms with Gasteiger partial charge in [-0.15, -0.1) is 21.5 Å². The second-order valence-electron chi connectivity index (χ2n) is 5.07. The Morgan fingerprint density at radius 1 is 1.32 bits per heavy atom. The van der Waals surface area contributed by atoms with Crippen molar-refractivity contribution in [2.24, 2.45) is 0 Å². The lowest BCUT2D eigenvalue weighted by Crippen LogP contribution is -2.30. The zero-order valence-electron chi connectivity index (χ0n) is 13.2. The molecular formula is C16H15FN4OS3. The first kappa shape index (κ1) is 17.8. The molecule has 0 aliphatic heterocycles. The molecule has 0 spiro atoms. The second kappa shape index (κ2) is 8.41. The normalized spacial score (nSPS) is 11.9. The predicted octanol–water partition coefficient (Wildman–Crippen LogP) is 4.28. The summed E-state index contributed by atoms with van der Waals surface area (Å²) in [5.74, 6) is -0.367. The summed E-state index contributed by atoms with van der Waals surface area (Å²) >= 11 is 4.28. The average Bonchev–Trinajstić information content (AvgIpc) is 3.24. The minimum Gasteiger partial charge on any atom is -0.350 e. The Hall–Kier alpha value is -1.97. The molecular weight excluding hydrogens is 379 g/mol. The van der Waals surface area contributed by atoms with E-state index < -0.39 is 0 Å². The molecule has 0 unspecified atom stereocenters. The van der Waals surface area contributed by atoms with E-state index in [4.69, 9.17) is 0 Å². The molecule has 130 valence electrons. The Bertz CT molecular complexity index is 838. The summed E-state index contributed by atoms with van der Waals surface area (Å²) in [4.78, 5) is 13.3. The molecule has 0 radical (unpaired) electrons. The number of carbonyl (C=O) groups is 1. The van der Waals surface area contributed by atoms with Gasteiger partial charge in [0, 0.05) is 10.6 Å². The fourth-order valence-corrected chi connectivity index (χ4v) is 4.52. The number of thiophene rings is 1. The van der Waals surface area contributed by atoms with Crippen LogP contribution in [0.1, 0.15) is 11.8 Å². The number of benzene rings is 1. The number of hydrogen-bond donors (Lipinski definition) is 2. The predicted molar refractivity (Wildman–Crippen MR) is 101 cm³/mol. The number of amides is 1. The van der Waals surface area contributed by atoms with Crippen LogP contribution in [0, 0.1) is 5.82 Å². The molecule has 1 aromatic carbocycles. The monoisotopic (exact) mass is 394 g/mol. The molecule has 3 aromatic rings. The van der Waals surface area contributed by atoms with Crippen LogP contribution in [0.25, 0.3) is 0 Å². The van der Waals surface area contributed by atoms with Crippen LogP contribution in [-0.4, -0.2) is 21.4 Å². The number of aromatic nitrogens is 2. The number of carbonyl (C=O) groups excluding carboxylic acids is 1. The number of halogens is 1. The molecule has 2 heterocycles. The molecule has 25 heavy (non-hydrogen) atoms. The van der Waals surface area contributed by atoms with Crippen molar-refractivity contribution in [3.05, 3.63) is 52.5 Å². The van der Waals surface area contributed by atoms with Crippen LogP contribution in [0.2, 0.25) is 0 Å². The molecule has 9 heteroatoms. The van der Waals surface area contributed by atoms with Gasteiger partial charge in [0.15, 0.2) is 4.34 Å². The van der Waals surface area contributed by atoms with Crippen LogP contribution in [0.15, 0.2) is 46.1 Å². The fraction of sp³-hybridized carbons (Fsp3) is 0.188. The quantitative estimate of drug-likeness (QED) is 0.586. The van der Waals surface area contributed by atoms with Crippen molar-refractivity contribution in [1.29, 1.82) is 0 Å². The minimum atomic E-state index is -0.319. The standard InChI is InChI=1S/C16H15FN4OS3/c1-10(14(22)18-9-13-6-3-7-23-13)24-16-21-20-15(25-16)19-12-5-2-4-11(17)8-12/h2-8,10H,9H2,1H3,(H,18,22)(H,19,20)/t10-/m1/s1. The van der Waals surface area contributed by atoms with Gasteiger partial charge in [0.2, 0.25) is 11.0 Å². The molecule has 2 N–H and O–H groups in total. The Morgan fingerprint density at radius 3 is 2.96 bits per heavy atom. The average molecular weight is 395 g/mol. The summed E-state index contributed by atoms with van der Waals surface area (Å²) in [5.41, 5.74) is 0.606. The van der Waals surface area contributed by atoms with E-state index in [1.165, 1.54) is 35.2 Å². The van der Waals surface area contributed by atoms with Gasteiger partial charge in [0.25, 0.3) is 0 Å². The van der Waals surface area contributed by atoms with E-state index in [-0.39, 0.29) is 17.0 Å². The van der Waals surface area contributed by atoms with Gasteiger partial charge in [-0.3, -0.25) is 4.79 Å². The number of thioether (sulfide) groups is 1. The molecule has 0 saturated heterocycles. The molecule has 5 nitrogen and oxygen atoms in total. The third kappa shape index (κ3) is 5.25. The number of anilines is 2. The summed E-state index contributed by atoms with van der Waals surface area (Å²) in [6.45, 7) is 2.36. The van der Waals surface area contributed by atoms with Gasteiger partial charge in [-0.1, -0.05) is 35.2 Å². The molecule has 0 aliphatic rings. The van der Waals surface area contributed by atoms with Gasteiger partial charge >= 0.3 is 0 Å². The largest absolute Gasteiger partial charge is 0.350 e. The van der Waals surface area contributed by atoms with E-state index in [9.17, 15) is 9.18 Å². The van der Waals surface area contributed by atoms with Crippen molar-refractivity contribution < 1.29 is 9.18 Å². The molecule has 0 fully saturated rings. The van der Waals surface area contributed by atoms with Gasteiger partial charge in [-0.05, 0) is 36.6 Å². The molecule has 0 saturated carbocycles. The zero-order valence-corrected chi connectivity index (χ0v) is 15.7. The first-order valence-electron chi connectivity index (χ1n) is 7.43. The van der Waals surface area contributed by atoms with Crippen molar-refractivity contribution in [3.8, 4) is 0 Å². The van der Waals surface area contributed by atoms with Crippen molar-refractivity contribution in [2.75, 3.05) is 5.32 Å². The first-order chi connectivity index (χ1) is 12.1. The summed E-state index contributed by atoms with van der Waals surface area (Å²) in [7, 11) is 0. The third-order valence-corrected chi connectivity index (χ3v) is 6.05. The summed E-state index contributed by atoms with van der Waals surface area (Å²) in [6.07, 6.45) is 0. The van der Waals surface area contributed by atoms with Crippen LogP contribution < -0.4 is 10.6 Å². The zero-order chi connectivity index (χ0) is 17.6. The number of hydrogen-bond acceptors (Lipinski definition) is 7. The van der Waals surface area contributed by atoms with Crippen molar-refractivity contribution in [3.63, 3.8) is 0 Å². The van der Waals surface area contributed by atoms with Crippen molar-refractivity contribution >= 4 is 51.2 Å². The second-order valence-corrected chi connectivity index (χ2v) is 8.66. The molecule has 1 atom stereocenters. The van der Waals surface area contributed by atoms with E-state index in [0.717, 1.165) is 4.88 Å². The van der Waals surface area contributed by atoms with Crippen molar-refractivity contribution in [2.45, 2.75) is 23.1 Å². The summed E-state index contributed by atoms with van der Waals surface area (Å²) in [6, 6.07) is 10.1. The van der Waals surface area contributed by atoms with Gasteiger partial charge in [0.1, 0.15) is 5.82 Å². The van der Waals surface area contributed by atoms with Crippen molar-refractivity contribution in [1.82, 2.24) is 15.5 Å². The van der Waals surface area contributed by atoms with E-state index in [2.05, 4.69) is 20.8 Å². The van der Waals surface area contributed by atoms with Crippen LogP contribution in [0.5, 0.6) is 0 Å². The number of nitrogens with zero attached hydrogens (tertiary/aromatic N) is 2. The highest BCUT2D eigenvalue weighted by atomic mass is 32.2. The summed E-state index contributed by atoms with van der Waals surface area (Å²) < 4.78 is 13.9. The highest BCUT2D eigenvalue weighted by molar-refractivity contribution is 8.02. The lowest BCUT2D eigenvalue weighted by Gasteiger charge is -2.09. The maximum atomic E-state index is 13.2. The Labute approximate surface area is 156 Å². The number of rotatable bonds is 7. The van der Waals surface area contributed by atoms with Gasteiger partial charge in [-0.2, -0.15) is 0 Å². The van der Waals surface area contributed by atoms with Gasteiger partial charge < -0.3 is 10.6 Å². The smallest absolute Gasteiger partial charge is 0.233 e. The lowest BCUT2D eigenvalue weighted by molar-refractivity contribution is -0.120. The SMILES string of the molecule is C[C@@H](Sc1nnc(Nc2cccc(F)c2)s1)C(=O)NCc1cccs1. The minimum absolute atomic E-state index is 0.0479. The lowest BCUT2D eigenvalue weighted by atomic mass is 10.3. The number of nitrogens with one attached hydrogen (secondary N) is 2. The van der Waals surface area contributed by atoms with Gasteiger partial charge in [-0.25, -0.2) is 4.39 Å². The van der Waals surface area contributed by atoms with Crippen LogP contribution in [-0.2, 0) is 11.3 Å². The fourth-order valence-electron chi connectivity index (χ4n) is 1.93. The van der Waals surface area contributed by atoms with E-state index in [0.29, 0.717) is 21.7 Å². The van der Waals surface area contributed by atoms with Gasteiger partial charge in [0.05, 0.1) is 11.8 Å². The Morgan fingerprint density at radius 2 is 2.20 bits per heavy atom. The first-order valence-corrected chi connectivity index (χ1v) is 10.0. The maximum absolute atomic E-state index is 13.2. The summed E-state index contributed by atoms with van der Waals surface area (Å²) in [5, 5.41) is 16.3. The Kier molecular flexibility index (Phi) is 6.00. The Balaban J connectivity index is 1.52. The van der Waals surface area contributed by atoms with E-state index >= 15 is 0 Å². The molecule has 0 bridgehead atoms. The van der Waals surface area contributed by atoms with E-state index in [1.54, 1.807) is 23.5 Å². The highest BCUT2D eigenvalue weighted by Crippen LogP contribution is 2.30. The highest BCUT2D eigenvalue weighted by Gasteiger charge is 2.17. The van der Waals surface area contributed by atoms with E-state index in [1.807, 2.05) is 24.4 Å². The molecule has 2 aromatic heterocycles. The topological polar surface area (TPSA) is 66.9 Å². The van der Waals surface area contributed by atoms with Crippen LogP contribution in [0.3, 0.4) is 0 Å². The van der Waals surface area contributed by atoms with Crippen LogP contribution >= 0.6 is 34.4 Å². The third-order valence-electron chi connectivity index (χ3n) is 3.15. The molecule has 3 rings (SSSR count). The molecule has 1 amide bonds. The van der Waals surface area contributed by atoms with Crippen LogP contribution in [0.4, 0.5) is 15.2 Å². The maximum Gasteiger partial charge on any atom is 0.233 e.